The van der Waals surface area contributed by atoms with Gasteiger partial charge in [0.15, 0.2) is 0 Å². The maximum Gasteiger partial charge on any atom is 0.262 e. The molecule has 0 radical (unpaired) electrons. The van der Waals surface area contributed by atoms with Gasteiger partial charge in [0.2, 0.25) is 10.0 Å². The third-order valence-electron chi connectivity index (χ3n) is 3.40. The number of anilines is 1. The van der Waals surface area contributed by atoms with Crippen LogP contribution in [0.1, 0.15) is 0 Å². The van der Waals surface area contributed by atoms with E-state index in [0.717, 1.165) is 0 Å². The van der Waals surface area contributed by atoms with Gasteiger partial charge >= 0.3 is 0 Å². The van der Waals surface area contributed by atoms with Gasteiger partial charge in [-0.3, -0.25) is 4.72 Å². The van der Waals surface area contributed by atoms with E-state index < -0.39 is 20.0 Å². The van der Waals surface area contributed by atoms with Crippen molar-refractivity contribution in [1.82, 2.24) is 0 Å². The molecule has 7 nitrogen and oxygen atoms in total. The minimum atomic E-state index is -3.91. The van der Waals surface area contributed by atoms with E-state index in [2.05, 4.69) is 4.72 Å². The van der Waals surface area contributed by atoms with E-state index in [9.17, 15) is 16.8 Å². The molecule has 0 aliphatic heterocycles. The third-order valence-corrected chi connectivity index (χ3v) is 5.77. The first kappa shape index (κ1) is 17.2. The van der Waals surface area contributed by atoms with E-state index in [1.54, 1.807) is 30.3 Å². The van der Waals surface area contributed by atoms with Crippen molar-refractivity contribution in [3.63, 3.8) is 0 Å². The quantitative estimate of drug-likeness (QED) is 0.706. The van der Waals surface area contributed by atoms with Gasteiger partial charge in [-0.2, -0.15) is 0 Å². The topological polar surface area (TPSA) is 119 Å². The average Bonchev–Trinajstić information content (AvgIpc) is 3.08. The van der Waals surface area contributed by atoms with Crippen LogP contribution in [0.3, 0.4) is 0 Å². The molecule has 0 amide bonds. The number of nitrogens with two attached hydrogens (primary N) is 1. The number of hydrogen-bond acceptors (Lipinski definition) is 5. The Bertz CT molecular complexity index is 1090. The first-order chi connectivity index (χ1) is 11.8. The zero-order chi connectivity index (χ0) is 18.1. The molecule has 0 aliphatic rings. The van der Waals surface area contributed by atoms with Gasteiger partial charge in [-0.15, -0.1) is 0 Å². The summed E-state index contributed by atoms with van der Waals surface area (Å²) in [5.74, 6) is 0.422. The molecule has 130 valence electrons. The monoisotopic (exact) mass is 378 g/mol. The summed E-state index contributed by atoms with van der Waals surface area (Å²) in [4.78, 5) is -0.0630. The number of primary sulfonamides is 1. The Morgan fingerprint density at radius 1 is 0.840 bits per heavy atom. The predicted molar refractivity (Wildman–Crippen MR) is 92.8 cm³/mol. The number of hydrogen-bond donors (Lipinski definition) is 2. The Kier molecular flexibility index (Phi) is 4.38. The second kappa shape index (κ2) is 6.36. The molecule has 3 aromatic rings. The largest absolute Gasteiger partial charge is 0.464 e. The molecule has 25 heavy (non-hydrogen) atoms. The molecule has 0 aliphatic carbocycles. The summed E-state index contributed by atoms with van der Waals surface area (Å²) in [7, 11) is -7.75. The summed E-state index contributed by atoms with van der Waals surface area (Å²) < 4.78 is 55.6. The molecule has 0 atom stereocenters. The van der Waals surface area contributed by atoms with Crippen molar-refractivity contribution in [3.05, 3.63) is 66.9 Å². The molecule has 9 heteroatoms. The zero-order valence-electron chi connectivity index (χ0n) is 12.8. The van der Waals surface area contributed by atoms with Crippen LogP contribution in [0.5, 0.6) is 0 Å². The molecule has 1 aromatic heterocycles. The van der Waals surface area contributed by atoms with E-state index in [0.29, 0.717) is 11.3 Å². The van der Waals surface area contributed by atoms with Gasteiger partial charge in [0.25, 0.3) is 10.0 Å². The number of nitrogens with one attached hydrogen (secondary N) is 1. The van der Waals surface area contributed by atoms with Crippen LogP contribution in [-0.4, -0.2) is 16.8 Å². The molecular weight excluding hydrogens is 364 g/mol. The molecule has 2 aromatic carbocycles. The number of furan rings is 1. The van der Waals surface area contributed by atoms with Crippen LogP contribution in [0.15, 0.2) is 81.1 Å². The standard InChI is InChI=1S/C16H14N2O5S2/c17-24(19,20)13-9-7-12(8-10-13)18-25(21,22)16-6-2-1-4-14(16)15-5-3-11-23-15/h1-11,18H,(H2,17,19,20). The minimum Gasteiger partial charge on any atom is -0.464 e. The van der Waals surface area contributed by atoms with Gasteiger partial charge in [-0.25, -0.2) is 22.0 Å². The highest BCUT2D eigenvalue weighted by Gasteiger charge is 2.20. The fourth-order valence-electron chi connectivity index (χ4n) is 2.26. The van der Waals surface area contributed by atoms with Crippen molar-refractivity contribution in [1.29, 1.82) is 0 Å². The maximum absolute atomic E-state index is 12.7. The van der Waals surface area contributed by atoms with E-state index in [1.165, 1.54) is 36.6 Å². The van der Waals surface area contributed by atoms with E-state index >= 15 is 0 Å². The smallest absolute Gasteiger partial charge is 0.262 e. The highest BCUT2D eigenvalue weighted by molar-refractivity contribution is 7.92. The molecule has 0 spiro atoms. The molecular formula is C16H14N2O5S2. The fraction of sp³-hybridized carbons (Fsp3) is 0. The zero-order valence-corrected chi connectivity index (χ0v) is 14.4. The van der Waals surface area contributed by atoms with Crippen LogP contribution in [0, 0.1) is 0 Å². The Labute approximate surface area is 145 Å². The molecule has 0 bridgehead atoms. The van der Waals surface area contributed by atoms with E-state index in [1.807, 2.05) is 0 Å². The predicted octanol–water partition coefficient (Wildman–Crippen LogP) is 2.39. The number of benzene rings is 2. The van der Waals surface area contributed by atoms with Gasteiger partial charge in [0, 0.05) is 11.3 Å². The van der Waals surface area contributed by atoms with Crippen LogP contribution in [0.25, 0.3) is 11.3 Å². The van der Waals surface area contributed by atoms with Crippen LogP contribution in [0.4, 0.5) is 5.69 Å². The molecule has 0 fully saturated rings. The van der Waals surface area contributed by atoms with Crippen molar-refractivity contribution in [2.45, 2.75) is 9.79 Å². The summed E-state index contributed by atoms with van der Waals surface area (Å²) in [6.45, 7) is 0. The van der Waals surface area contributed by atoms with Crippen molar-refractivity contribution in [2.75, 3.05) is 4.72 Å². The van der Waals surface area contributed by atoms with E-state index in [-0.39, 0.29) is 15.5 Å². The van der Waals surface area contributed by atoms with Gasteiger partial charge in [-0.05, 0) is 48.5 Å². The molecule has 1 heterocycles. The average molecular weight is 378 g/mol. The van der Waals surface area contributed by atoms with Gasteiger partial charge < -0.3 is 4.42 Å². The lowest BCUT2D eigenvalue weighted by atomic mass is 10.2. The lowest BCUT2D eigenvalue weighted by Crippen LogP contribution is -2.15. The Morgan fingerprint density at radius 3 is 2.12 bits per heavy atom. The normalized spacial score (nSPS) is 12.0. The minimum absolute atomic E-state index is 0.0421. The first-order valence-corrected chi connectivity index (χ1v) is 10.1. The van der Waals surface area contributed by atoms with Crippen molar-refractivity contribution < 1.29 is 21.3 Å². The second-order valence-corrected chi connectivity index (χ2v) is 8.36. The Balaban J connectivity index is 1.96. The van der Waals surface area contributed by atoms with Crippen molar-refractivity contribution in [2.24, 2.45) is 5.14 Å². The lowest BCUT2D eigenvalue weighted by Gasteiger charge is -2.11. The molecule has 0 unspecified atom stereocenters. The van der Waals surface area contributed by atoms with Crippen LogP contribution in [-0.2, 0) is 20.0 Å². The Hall–Kier alpha value is -2.62. The lowest BCUT2D eigenvalue weighted by molar-refractivity contribution is 0.578. The molecule has 0 saturated heterocycles. The second-order valence-electron chi connectivity index (χ2n) is 5.15. The van der Waals surface area contributed by atoms with Gasteiger partial charge in [0.05, 0.1) is 16.1 Å². The highest BCUT2D eigenvalue weighted by Crippen LogP contribution is 2.29. The first-order valence-electron chi connectivity index (χ1n) is 7.06. The summed E-state index contributed by atoms with van der Waals surface area (Å²) >= 11 is 0. The van der Waals surface area contributed by atoms with E-state index in [4.69, 9.17) is 9.56 Å². The van der Waals surface area contributed by atoms with Crippen molar-refractivity contribution >= 4 is 25.7 Å². The third kappa shape index (κ3) is 3.73. The van der Waals surface area contributed by atoms with Crippen LogP contribution in [0.2, 0.25) is 0 Å². The Morgan fingerprint density at radius 2 is 1.52 bits per heavy atom. The van der Waals surface area contributed by atoms with Gasteiger partial charge in [0.1, 0.15) is 5.76 Å². The molecule has 3 rings (SSSR count). The van der Waals surface area contributed by atoms with Gasteiger partial charge in [-0.1, -0.05) is 12.1 Å². The fourth-order valence-corrected chi connectivity index (χ4v) is 4.05. The van der Waals surface area contributed by atoms with Crippen LogP contribution < -0.4 is 9.86 Å². The summed E-state index contributed by atoms with van der Waals surface area (Å²) in [6.07, 6.45) is 1.46. The summed E-state index contributed by atoms with van der Waals surface area (Å²) in [6, 6.07) is 14.8. The summed E-state index contributed by atoms with van der Waals surface area (Å²) in [5, 5.41) is 5.02. The highest BCUT2D eigenvalue weighted by atomic mass is 32.2. The number of sulfonamides is 2. The molecule has 3 N–H and O–H groups in total. The molecule has 0 saturated carbocycles. The maximum atomic E-state index is 12.7. The SMILES string of the molecule is NS(=O)(=O)c1ccc(NS(=O)(=O)c2ccccc2-c2ccco2)cc1. The van der Waals surface area contributed by atoms with Crippen molar-refractivity contribution in [3.8, 4) is 11.3 Å². The number of rotatable bonds is 5. The van der Waals surface area contributed by atoms with Crippen LogP contribution >= 0.6 is 0 Å². The summed E-state index contributed by atoms with van der Waals surface area (Å²) in [5.41, 5.74) is 0.628.